The number of aliphatic hydroxyl groups is 1. The Labute approximate surface area is 64.5 Å². The molecule has 0 fully saturated rings. The number of nitrogens with zero attached hydrogens (tertiary/aromatic N) is 1. The predicted molar refractivity (Wildman–Crippen MR) is 39.6 cm³/mol. The first-order valence-corrected chi connectivity index (χ1v) is 3.19. The van der Waals surface area contributed by atoms with Crippen LogP contribution in [-0.2, 0) is 6.61 Å². The van der Waals surface area contributed by atoms with Crippen molar-refractivity contribution in [2.24, 2.45) is 0 Å². The van der Waals surface area contributed by atoms with Crippen LogP contribution in [0.25, 0.3) is 0 Å². The second-order valence-corrected chi connectivity index (χ2v) is 2.32. The van der Waals surface area contributed by atoms with Crippen LogP contribution in [0.15, 0.2) is 12.3 Å². The quantitative estimate of drug-likeness (QED) is 0.624. The van der Waals surface area contributed by atoms with Crippen LogP contribution in [-0.4, -0.2) is 10.1 Å². The summed E-state index contributed by atoms with van der Waals surface area (Å²) in [6.07, 6.45) is 1.54. The topological polar surface area (TPSA) is 33.1 Å². The van der Waals surface area contributed by atoms with Crippen molar-refractivity contribution in [1.29, 1.82) is 0 Å². The Bertz CT molecular complexity index is 237. The van der Waals surface area contributed by atoms with Gasteiger partial charge in [-0.3, -0.25) is 0 Å². The van der Waals surface area contributed by atoms with Crippen LogP contribution in [0.1, 0.15) is 11.1 Å². The van der Waals surface area contributed by atoms with E-state index < -0.39 is 0 Å². The van der Waals surface area contributed by atoms with E-state index in [-0.39, 0.29) is 6.61 Å². The molecule has 0 unspecified atom stereocenters. The lowest BCUT2D eigenvalue weighted by atomic mass is 10.2. The molecule has 1 N–H and O–H groups in total. The van der Waals surface area contributed by atoms with Crippen LogP contribution in [0.4, 0.5) is 0 Å². The number of halogens is 1. The third-order valence-corrected chi connectivity index (χ3v) is 1.43. The average Bonchev–Trinajstić information content (AvgIpc) is 1.94. The lowest BCUT2D eigenvalue weighted by Crippen LogP contribution is -1.89. The van der Waals surface area contributed by atoms with Gasteiger partial charge in [0.15, 0.2) is 0 Å². The number of hydrogen-bond acceptors (Lipinski definition) is 2. The van der Waals surface area contributed by atoms with Gasteiger partial charge in [-0.05, 0) is 24.1 Å². The van der Waals surface area contributed by atoms with E-state index in [2.05, 4.69) is 11.9 Å². The van der Waals surface area contributed by atoms with E-state index in [0.717, 1.165) is 5.56 Å². The molecule has 0 bridgehead atoms. The zero-order valence-corrected chi connectivity index (χ0v) is 6.10. The Morgan fingerprint density at radius 2 is 2.40 bits per heavy atom. The molecule has 2 nitrogen and oxygen atoms in total. The zero-order valence-electron chi connectivity index (χ0n) is 5.34. The minimum atomic E-state index is -0.0406. The predicted octanol–water partition coefficient (Wildman–Crippen LogP) is 1.41. The van der Waals surface area contributed by atoms with Crippen molar-refractivity contribution < 1.29 is 5.11 Å². The fourth-order valence-electron chi connectivity index (χ4n) is 0.643. The first-order valence-electron chi connectivity index (χ1n) is 2.81. The molecular weight excluding hydrogens is 150 g/mol. The molecule has 1 aromatic rings. The standard InChI is InChI=1S/C7H7ClNO/c1-5-3-9-7(8)2-6(5)4-10/h2-3,10H,1,4H2. The van der Waals surface area contributed by atoms with Gasteiger partial charge in [0, 0.05) is 6.20 Å². The van der Waals surface area contributed by atoms with Crippen LogP contribution in [0.3, 0.4) is 0 Å². The van der Waals surface area contributed by atoms with E-state index in [1.54, 1.807) is 6.07 Å². The van der Waals surface area contributed by atoms with Gasteiger partial charge in [-0.25, -0.2) is 4.98 Å². The Hall–Kier alpha value is -0.600. The van der Waals surface area contributed by atoms with Gasteiger partial charge in [0.2, 0.25) is 0 Å². The number of pyridine rings is 1. The molecule has 53 valence electrons. The summed E-state index contributed by atoms with van der Waals surface area (Å²) in [6, 6.07) is 1.60. The summed E-state index contributed by atoms with van der Waals surface area (Å²) in [6.45, 7) is 3.61. The maximum absolute atomic E-state index is 8.72. The van der Waals surface area contributed by atoms with Crippen LogP contribution < -0.4 is 0 Å². The highest BCUT2D eigenvalue weighted by molar-refractivity contribution is 6.29. The van der Waals surface area contributed by atoms with Gasteiger partial charge in [-0.15, -0.1) is 0 Å². The van der Waals surface area contributed by atoms with Crippen molar-refractivity contribution in [2.75, 3.05) is 0 Å². The summed E-state index contributed by atoms with van der Waals surface area (Å²) in [7, 11) is 0. The molecule has 1 aromatic heterocycles. The van der Waals surface area contributed by atoms with E-state index in [9.17, 15) is 0 Å². The molecule has 0 aliphatic heterocycles. The van der Waals surface area contributed by atoms with Crippen molar-refractivity contribution in [3.05, 3.63) is 35.5 Å². The van der Waals surface area contributed by atoms with Crippen LogP contribution >= 0.6 is 11.6 Å². The Kier molecular flexibility index (Phi) is 2.25. The molecule has 1 heterocycles. The Balaban J connectivity index is 3.09. The summed E-state index contributed by atoms with van der Waals surface area (Å²) in [4.78, 5) is 3.78. The third kappa shape index (κ3) is 1.46. The van der Waals surface area contributed by atoms with Crippen molar-refractivity contribution in [3.63, 3.8) is 0 Å². The first-order chi connectivity index (χ1) is 4.74. The lowest BCUT2D eigenvalue weighted by molar-refractivity contribution is 0.281. The van der Waals surface area contributed by atoms with Gasteiger partial charge in [-0.2, -0.15) is 0 Å². The Morgan fingerprint density at radius 3 is 2.90 bits per heavy atom. The van der Waals surface area contributed by atoms with Crippen molar-refractivity contribution in [2.45, 2.75) is 6.61 Å². The summed E-state index contributed by atoms with van der Waals surface area (Å²) in [5.41, 5.74) is 1.44. The summed E-state index contributed by atoms with van der Waals surface area (Å²) >= 11 is 5.55. The molecule has 1 rings (SSSR count). The number of aromatic nitrogens is 1. The van der Waals surface area contributed by atoms with Crippen molar-refractivity contribution >= 4 is 11.6 Å². The highest BCUT2D eigenvalue weighted by atomic mass is 35.5. The van der Waals surface area contributed by atoms with Gasteiger partial charge < -0.3 is 5.11 Å². The lowest BCUT2D eigenvalue weighted by Gasteiger charge is -1.99. The third-order valence-electron chi connectivity index (χ3n) is 1.22. The van der Waals surface area contributed by atoms with E-state index >= 15 is 0 Å². The molecule has 0 spiro atoms. The molecular formula is C7H7ClNO. The average molecular weight is 157 g/mol. The minimum absolute atomic E-state index is 0.0406. The molecule has 0 saturated carbocycles. The molecule has 0 atom stereocenters. The maximum atomic E-state index is 8.72. The van der Waals surface area contributed by atoms with Gasteiger partial charge in [0.1, 0.15) is 5.15 Å². The highest BCUT2D eigenvalue weighted by Gasteiger charge is 1.97. The van der Waals surface area contributed by atoms with Crippen LogP contribution in [0, 0.1) is 6.92 Å². The SMILES string of the molecule is [CH2]c1cnc(Cl)cc1CO. The largest absolute Gasteiger partial charge is 0.392 e. The van der Waals surface area contributed by atoms with Gasteiger partial charge in [-0.1, -0.05) is 11.6 Å². The maximum Gasteiger partial charge on any atom is 0.129 e. The molecule has 3 heteroatoms. The van der Waals surface area contributed by atoms with Crippen LogP contribution in [0.2, 0.25) is 5.15 Å². The molecule has 0 aromatic carbocycles. The number of aliphatic hydroxyl groups excluding tert-OH is 1. The second kappa shape index (κ2) is 2.99. The van der Waals surface area contributed by atoms with Crippen LogP contribution in [0.5, 0.6) is 0 Å². The molecule has 0 aliphatic rings. The van der Waals surface area contributed by atoms with E-state index in [4.69, 9.17) is 16.7 Å². The monoisotopic (exact) mass is 156 g/mol. The second-order valence-electron chi connectivity index (χ2n) is 1.93. The van der Waals surface area contributed by atoms with E-state index in [1.165, 1.54) is 6.20 Å². The van der Waals surface area contributed by atoms with Gasteiger partial charge in [0.25, 0.3) is 0 Å². The molecule has 10 heavy (non-hydrogen) atoms. The van der Waals surface area contributed by atoms with Gasteiger partial charge >= 0.3 is 0 Å². The number of hydrogen-bond donors (Lipinski definition) is 1. The normalized spacial score (nSPS) is 9.90. The molecule has 1 radical (unpaired) electrons. The van der Waals surface area contributed by atoms with Gasteiger partial charge in [0.05, 0.1) is 6.61 Å². The minimum Gasteiger partial charge on any atom is -0.392 e. The number of rotatable bonds is 1. The van der Waals surface area contributed by atoms with Crippen molar-refractivity contribution in [3.8, 4) is 0 Å². The van der Waals surface area contributed by atoms with E-state index in [0.29, 0.717) is 10.7 Å². The van der Waals surface area contributed by atoms with Crippen molar-refractivity contribution in [1.82, 2.24) is 4.98 Å². The summed E-state index contributed by atoms with van der Waals surface area (Å²) in [5.74, 6) is 0. The molecule has 0 aliphatic carbocycles. The smallest absolute Gasteiger partial charge is 0.129 e. The first kappa shape index (κ1) is 7.51. The highest BCUT2D eigenvalue weighted by Crippen LogP contribution is 2.11. The van der Waals surface area contributed by atoms with E-state index in [1.807, 2.05) is 0 Å². The summed E-state index contributed by atoms with van der Waals surface area (Å²) in [5, 5.41) is 9.10. The summed E-state index contributed by atoms with van der Waals surface area (Å²) < 4.78 is 0. The fraction of sp³-hybridized carbons (Fsp3) is 0.143. The fourth-order valence-corrected chi connectivity index (χ4v) is 0.824. The molecule has 0 saturated heterocycles. The zero-order chi connectivity index (χ0) is 7.56. The molecule has 0 amide bonds. The Morgan fingerprint density at radius 1 is 1.70 bits per heavy atom.